The Balaban J connectivity index is 1.59. The van der Waals surface area contributed by atoms with Gasteiger partial charge in [0, 0.05) is 23.7 Å². The maximum absolute atomic E-state index is 12.0. The summed E-state index contributed by atoms with van der Waals surface area (Å²) in [5.74, 6) is 0.395. The van der Waals surface area contributed by atoms with Gasteiger partial charge in [-0.2, -0.15) is 0 Å². The maximum atomic E-state index is 12.0. The van der Waals surface area contributed by atoms with Gasteiger partial charge >= 0.3 is 5.97 Å². The summed E-state index contributed by atoms with van der Waals surface area (Å²) in [4.78, 5) is 12.0. The lowest BCUT2D eigenvalue weighted by molar-refractivity contribution is -0.228. The fourth-order valence-electron chi connectivity index (χ4n) is 5.78. The molecule has 0 bridgehead atoms. The molecule has 4 atom stereocenters. The van der Waals surface area contributed by atoms with E-state index in [-0.39, 0.29) is 28.5 Å². The van der Waals surface area contributed by atoms with Gasteiger partial charge in [0.05, 0.1) is 25.7 Å². The van der Waals surface area contributed by atoms with Crippen molar-refractivity contribution in [3.63, 3.8) is 0 Å². The molecule has 18 heavy (non-hydrogen) atoms. The second-order valence-corrected chi connectivity index (χ2v) is 6.84. The first kappa shape index (κ1) is 10.2. The zero-order valence-corrected chi connectivity index (χ0v) is 10.4. The van der Waals surface area contributed by atoms with E-state index in [0.29, 0.717) is 25.7 Å². The van der Waals surface area contributed by atoms with Gasteiger partial charge in [-0.15, -0.1) is 0 Å². The first-order valence-electron chi connectivity index (χ1n) is 7.16. The molecule has 5 rings (SSSR count). The summed E-state index contributed by atoms with van der Waals surface area (Å²) in [5.41, 5.74) is 0.432. The molecule has 3 saturated carbocycles. The highest BCUT2D eigenvalue weighted by Crippen LogP contribution is 2.83. The van der Waals surface area contributed by atoms with E-state index in [1.54, 1.807) is 0 Å². The van der Waals surface area contributed by atoms with Crippen LogP contribution in [-0.4, -0.2) is 31.6 Å². The Hall–Kier alpha value is -0.610. The Kier molecular flexibility index (Phi) is 1.58. The molecule has 5 fully saturated rings. The molecule has 0 aromatic rings. The van der Waals surface area contributed by atoms with Crippen molar-refractivity contribution < 1.29 is 19.0 Å². The molecule has 4 unspecified atom stereocenters. The largest absolute Gasteiger partial charge is 0.465 e. The molecule has 2 heterocycles. The van der Waals surface area contributed by atoms with E-state index >= 15 is 0 Å². The summed E-state index contributed by atoms with van der Waals surface area (Å²) in [6, 6.07) is 0. The van der Waals surface area contributed by atoms with Gasteiger partial charge in [0.25, 0.3) is 0 Å². The molecule has 2 aliphatic heterocycles. The van der Waals surface area contributed by atoms with Crippen molar-refractivity contribution in [3.8, 4) is 0 Å². The number of rotatable bonds is 0. The fourth-order valence-corrected chi connectivity index (χ4v) is 5.78. The average Bonchev–Trinajstić information content (AvgIpc) is 2.71. The summed E-state index contributed by atoms with van der Waals surface area (Å²) in [5, 5.41) is 0. The van der Waals surface area contributed by atoms with Crippen LogP contribution in [0.4, 0.5) is 0 Å². The third-order valence-corrected chi connectivity index (χ3v) is 6.54. The highest BCUT2D eigenvalue weighted by molar-refractivity contribution is 5.80. The minimum Gasteiger partial charge on any atom is -0.465 e. The lowest BCUT2D eigenvalue weighted by Gasteiger charge is -2.50. The monoisotopic (exact) mass is 250 g/mol. The van der Waals surface area contributed by atoms with Crippen LogP contribution in [0, 0.1) is 22.7 Å². The van der Waals surface area contributed by atoms with E-state index in [0.717, 1.165) is 19.3 Å². The van der Waals surface area contributed by atoms with Crippen molar-refractivity contribution in [1.82, 2.24) is 0 Å². The Morgan fingerprint density at radius 3 is 2.78 bits per heavy atom. The smallest absolute Gasteiger partial charge is 0.309 e. The number of hydrogen-bond acceptors (Lipinski definition) is 4. The molecular weight excluding hydrogens is 232 g/mol. The Labute approximate surface area is 106 Å². The maximum Gasteiger partial charge on any atom is 0.309 e. The van der Waals surface area contributed by atoms with Gasteiger partial charge in [-0.1, -0.05) is 0 Å². The average molecular weight is 250 g/mol. The Morgan fingerprint density at radius 1 is 1.11 bits per heavy atom. The summed E-state index contributed by atoms with van der Waals surface area (Å²) in [6.07, 6.45) is 5.46. The number of carbonyl (C=O) groups excluding carboxylic acids is 1. The van der Waals surface area contributed by atoms with Crippen molar-refractivity contribution >= 4 is 5.97 Å². The molecule has 0 radical (unpaired) electrons. The summed E-state index contributed by atoms with van der Waals surface area (Å²) in [7, 11) is 0. The molecule has 4 heteroatoms. The van der Waals surface area contributed by atoms with E-state index in [4.69, 9.17) is 14.2 Å². The van der Waals surface area contributed by atoms with Gasteiger partial charge in [0.15, 0.2) is 5.79 Å². The lowest BCUT2D eigenvalue weighted by atomic mass is 9.60. The standard InChI is InChI=1S/C14H18O4/c15-11-10-9-1-2-12(8-16-11)3-4-13(7-14(9,10)12)17-5-6-18-13/h9-10H,1-8H2. The number of hydrogen-bond donors (Lipinski definition) is 0. The van der Waals surface area contributed by atoms with Crippen LogP contribution in [0.1, 0.15) is 32.1 Å². The quantitative estimate of drug-likeness (QED) is 0.611. The molecule has 0 amide bonds. The van der Waals surface area contributed by atoms with Crippen LogP contribution in [0.25, 0.3) is 0 Å². The molecule has 5 aliphatic rings. The predicted octanol–water partition coefficient (Wildman–Crippen LogP) is 1.48. The predicted molar refractivity (Wildman–Crippen MR) is 60.5 cm³/mol. The SMILES string of the molecule is O=C1OCC23CCC4C1C42CC1(CC3)OCCO1. The minimum absolute atomic E-state index is 0.0466. The zero-order valence-electron chi connectivity index (χ0n) is 10.4. The lowest BCUT2D eigenvalue weighted by Crippen LogP contribution is -2.52. The van der Waals surface area contributed by atoms with Crippen LogP contribution < -0.4 is 0 Å². The van der Waals surface area contributed by atoms with Crippen molar-refractivity contribution in [3.05, 3.63) is 0 Å². The van der Waals surface area contributed by atoms with Crippen molar-refractivity contribution in [2.75, 3.05) is 19.8 Å². The number of cyclic esters (lactones) is 1. The molecule has 4 nitrogen and oxygen atoms in total. The number of esters is 1. The number of fused-ring (bicyclic) bond motifs is 1. The molecule has 2 saturated heterocycles. The van der Waals surface area contributed by atoms with Crippen LogP contribution in [0.15, 0.2) is 0 Å². The minimum atomic E-state index is -0.363. The van der Waals surface area contributed by atoms with Gasteiger partial charge in [0.2, 0.25) is 0 Å². The highest BCUT2D eigenvalue weighted by atomic mass is 16.7. The van der Waals surface area contributed by atoms with Crippen LogP contribution in [0.2, 0.25) is 0 Å². The molecule has 3 aliphatic carbocycles. The van der Waals surface area contributed by atoms with Gasteiger partial charge in [-0.25, -0.2) is 0 Å². The summed E-state index contributed by atoms with van der Waals surface area (Å²) >= 11 is 0. The van der Waals surface area contributed by atoms with E-state index in [9.17, 15) is 4.79 Å². The third kappa shape index (κ3) is 0.874. The first-order chi connectivity index (χ1) is 8.72. The van der Waals surface area contributed by atoms with Crippen LogP contribution in [-0.2, 0) is 19.0 Å². The van der Waals surface area contributed by atoms with Crippen LogP contribution in [0.5, 0.6) is 0 Å². The van der Waals surface area contributed by atoms with Gasteiger partial charge < -0.3 is 14.2 Å². The Bertz CT molecular complexity index is 441. The molecule has 0 N–H and O–H groups in total. The van der Waals surface area contributed by atoms with Crippen LogP contribution in [0.3, 0.4) is 0 Å². The van der Waals surface area contributed by atoms with E-state index in [1.807, 2.05) is 0 Å². The topological polar surface area (TPSA) is 44.8 Å². The summed E-state index contributed by atoms with van der Waals surface area (Å²) in [6.45, 7) is 2.07. The van der Waals surface area contributed by atoms with E-state index in [1.165, 1.54) is 12.8 Å². The van der Waals surface area contributed by atoms with E-state index < -0.39 is 0 Å². The highest BCUT2D eigenvalue weighted by Gasteiger charge is 2.84. The molecule has 0 aromatic carbocycles. The molecule has 98 valence electrons. The first-order valence-corrected chi connectivity index (χ1v) is 7.16. The normalized spacial score (nSPS) is 55.0. The third-order valence-electron chi connectivity index (χ3n) is 6.54. The second kappa shape index (κ2) is 2.78. The van der Waals surface area contributed by atoms with Gasteiger partial charge in [-0.3, -0.25) is 4.79 Å². The summed E-state index contributed by atoms with van der Waals surface area (Å²) < 4.78 is 17.3. The van der Waals surface area contributed by atoms with Crippen molar-refractivity contribution in [2.45, 2.75) is 37.9 Å². The molecule has 2 spiro atoms. The molecular formula is C14H18O4. The van der Waals surface area contributed by atoms with Gasteiger partial charge in [0.1, 0.15) is 0 Å². The Morgan fingerprint density at radius 2 is 1.94 bits per heavy atom. The molecule has 0 aromatic heterocycles. The van der Waals surface area contributed by atoms with E-state index in [2.05, 4.69) is 0 Å². The number of ether oxygens (including phenoxy) is 3. The zero-order chi connectivity index (χ0) is 12.0. The van der Waals surface area contributed by atoms with Crippen LogP contribution >= 0.6 is 0 Å². The van der Waals surface area contributed by atoms with Crippen molar-refractivity contribution in [2.24, 2.45) is 22.7 Å². The number of carbonyl (C=O) groups is 1. The fraction of sp³-hybridized carbons (Fsp3) is 0.929. The van der Waals surface area contributed by atoms with Gasteiger partial charge in [-0.05, 0) is 25.2 Å². The van der Waals surface area contributed by atoms with Crippen molar-refractivity contribution in [1.29, 1.82) is 0 Å². The second-order valence-electron chi connectivity index (χ2n) is 6.84.